The SMILES string of the molecule is COc1cccc(CCC(=O)Nc2ncn(Cc3ccc(Br)cc3)n2)c1. The first kappa shape index (κ1) is 18.1. The standard InChI is InChI=1S/C19H19BrN4O2/c1-26-17-4-2-3-14(11-17)7-10-18(25)22-19-21-13-24(23-19)12-15-5-8-16(20)9-6-15/h2-6,8-9,11,13H,7,10,12H2,1H3,(H,22,23,25). The fourth-order valence-electron chi connectivity index (χ4n) is 2.48. The van der Waals surface area contributed by atoms with Crippen molar-refractivity contribution in [3.05, 3.63) is 70.5 Å². The zero-order chi connectivity index (χ0) is 18.4. The van der Waals surface area contributed by atoms with E-state index in [1.807, 2.05) is 48.5 Å². The predicted octanol–water partition coefficient (Wildman–Crippen LogP) is 3.67. The molecule has 0 aliphatic carbocycles. The number of aryl methyl sites for hydroxylation is 1. The van der Waals surface area contributed by atoms with Crippen LogP contribution in [0.3, 0.4) is 0 Å². The van der Waals surface area contributed by atoms with Crippen LogP contribution in [0.15, 0.2) is 59.3 Å². The van der Waals surface area contributed by atoms with E-state index in [-0.39, 0.29) is 5.91 Å². The third kappa shape index (κ3) is 5.16. The largest absolute Gasteiger partial charge is 0.497 e. The Labute approximate surface area is 160 Å². The second kappa shape index (κ2) is 8.62. The topological polar surface area (TPSA) is 69.0 Å². The average Bonchev–Trinajstić information content (AvgIpc) is 3.09. The predicted molar refractivity (Wildman–Crippen MR) is 103 cm³/mol. The number of rotatable bonds is 7. The number of nitrogens with one attached hydrogen (secondary N) is 1. The van der Waals surface area contributed by atoms with E-state index < -0.39 is 0 Å². The van der Waals surface area contributed by atoms with Gasteiger partial charge in [0.05, 0.1) is 13.7 Å². The molecule has 0 spiro atoms. The lowest BCUT2D eigenvalue weighted by Crippen LogP contribution is -2.14. The maximum absolute atomic E-state index is 12.1. The molecule has 2 aromatic carbocycles. The van der Waals surface area contributed by atoms with Crippen LogP contribution in [0.4, 0.5) is 5.95 Å². The summed E-state index contributed by atoms with van der Waals surface area (Å²) < 4.78 is 7.92. The van der Waals surface area contributed by atoms with Gasteiger partial charge in [-0.15, -0.1) is 5.10 Å². The molecule has 1 heterocycles. The maximum atomic E-state index is 12.1. The molecule has 1 amide bonds. The number of hydrogen-bond acceptors (Lipinski definition) is 4. The van der Waals surface area contributed by atoms with Gasteiger partial charge >= 0.3 is 0 Å². The van der Waals surface area contributed by atoms with Gasteiger partial charge in [0.1, 0.15) is 12.1 Å². The van der Waals surface area contributed by atoms with E-state index >= 15 is 0 Å². The number of carbonyl (C=O) groups excluding carboxylic acids is 1. The van der Waals surface area contributed by atoms with E-state index in [1.165, 1.54) is 0 Å². The molecule has 0 radical (unpaired) electrons. The van der Waals surface area contributed by atoms with Crippen molar-refractivity contribution in [2.75, 3.05) is 12.4 Å². The Bertz CT molecular complexity index is 877. The minimum absolute atomic E-state index is 0.116. The van der Waals surface area contributed by atoms with Crippen molar-refractivity contribution in [1.29, 1.82) is 0 Å². The number of anilines is 1. The van der Waals surface area contributed by atoms with Crippen molar-refractivity contribution in [2.24, 2.45) is 0 Å². The molecule has 3 aromatic rings. The molecule has 134 valence electrons. The number of aromatic nitrogens is 3. The molecule has 6 nitrogen and oxygen atoms in total. The lowest BCUT2D eigenvalue weighted by atomic mass is 10.1. The molecule has 0 aliphatic rings. The van der Waals surface area contributed by atoms with Crippen LogP contribution in [0.25, 0.3) is 0 Å². The Morgan fingerprint density at radius 2 is 2.00 bits per heavy atom. The van der Waals surface area contributed by atoms with Gasteiger partial charge in [0.15, 0.2) is 0 Å². The first-order valence-electron chi connectivity index (χ1n) is 8.19. The van der Waals surface area contributed by atoms with Crippen molar-refractivity contribution in [3.8, 4) is 5.75 Å². The molecule has 1 N–H and O–H groups in total. The Balaban J connectivity index is 1.51. The number of benzene rings is 2. The van der Waals surface area contributed by atoms with Gasteiger partial charge in [0.2, 0.25) is 11.9 Å². The molecule has 3 rings (SSSR count). The van der Waals surface area contributed by atoms with Crippen LogP contribution < -0.4 is 10.1 Å². The van der Waals surface area contributed by atoms with Gasteiger partial charge in [-0.25, -0.2) is 9.67 Å². The normalized spacial score (nSPS) is 10.5. The molecule has 0 bridgehead atoms. The summed E-state index contributed by atoms with van der Waals surface area (Å²) in [5.74, 6) is 0.989. The highest BCUT2D eigenvalue weighted by Gasteiger charge is 2.08. The summed E-state index contributed by atoms with van der Waals surface area (Å²) >= 11 is 3.41. The monoisotopic (exact) mass is 414 g/mol. The Morgan fingerprint density at radius 3 is 2.77 bits per heavy atom. The van der Waals surface area contributed by atoms with Crippen LogP contribution in [-0.4, -0.2) is 27.8 Å². The van der Waals surface area contributed by atoms with Crippen molar-refractivity contribution >= 4 is 27.8 Å². The molecule has 7 heteroatoms. The van der Waals surface area contributed by atoms with Gasteiger partial charge in [-0.1, -0.05) is 40.2 Å². The number of nitrogens with zero attached hydrogens (tertiary/aromatic N) is 3. The highest BCUT2D eigenvalue weighted by atomic mass is 79.9. The summed E-state index contributed by atoms with van der Waals surface area (Å²) in [6.45, 7) is 0.597. The smallest absolute Gasteiger partial charge is 0.248 e. The second-order valence-electron chi connectivity index (χ2n) is 5.79. The van der Waals surface area contributed by atoms with Crippen LogP contribution >= 0.6 is 15.9 Å². The first-order valence-corrected chi connectivity index (χ1v) is 8.98. The molecular weight excluding hydrogens is 396 g/mol. The molecule has 0 saturated carbocycles. The molecule has 0 unspecified atom stereocenters. The Morgan fingerprint density at radius 1 is 1.19 bits per heavy atom. The number of methoxy groups -OCH3 is 1. The number of halogens is 1. The number of amides is 1. The van der Waals surface area contributed by atoms with Gasteiger partial charge in [-0.05, 0) is 41.8 Å². The summed E-state index contributed by atoms with van der Waals surface area (Å²) in [4.78, 5) is 16.3. The van der Waals surface area contributed by atoms with E-state index in [9.17, 15) is 4.79 Å². The quantitative estimate of drug-likeness (QED) is 0.640. The molecule has 0 aliphatic heterocycles. The van der Waals surface area contributed by atoms with Gasteiger partial charge in [0.25, 0.3) is 0 Å². The van der Waals surface area contributed by atoms with Crippen LogP contribution in [0, 0.1) is 0 Å². The molecular formula is C19H19BrN4O2. The molecule has 0 saturated heterocycles. The average molecular weight is 415 g/mol. The third-order valence-corrected chi connectivity index (χ3v) is 4.35. The molecule has 1 aromatic heterocycles. The minimum Gasteiger partial charge on any atom is -0.497 e. The minimum atomic E-state index is -0.116. The van der Waals surface area contributed by atoms with Gasteiger partial charge in [-0.3, -0.25) is 10.1 Å². The van der Waals surface area contributed by atoms with Gasteiger partial charge in [0, 0.05) is 10.9 Å². The lowest BCUT2D eigenvalue weighted by molar-refractivity contribution is -0.116. The van der Waals surface area contributed by atoms with Crippen molar-refractivity contribution < 1.29 is 9.53 Å². The Hall–Kier alpha value is -2.67. The summed E-state index contributed by atoms with van der Waals surface area (Å²) in [7, 11) is 1.63. The second-order valence-corrected chi connectivity index (χ2v) is 6.71. The van der Waals surface area contributed by atoms with E-state index in [1.54, 1.807) is 18.1 Å². The zero-order valence-electron chi connectivity index (χ0n) is 14.4. The lowest BCUT2D eigenvalue weighted by Gasteiger charge is -2.04. The van der Waals surface area contributed by atoms with Crippen molar-refractivity contribution in [1.82, 2.24) is 14.8 Å². The number of hydrogen-bond donors (Lipinski definition) is 1. The first-order chi connectivity index (χ1) is 12.6. The van der Waals surface area contributed by atoms with E-state index in [0.717, 1.165) is 21.3 Å². The van der Waals surface area contributed by atoms with E-state index in [0.29, 0.717) is 25.3 Å². The van der Waals surface area contributed by atoms with Crippen LogP contribution in [0.2, 0.25) is 0 Å². The van der Waals surface area contributed by atoms with Crippen molar-refractivity contribution in [2.45, 2.75) is 19.4 Å². The fraction of sp³-hybridized carbons (Fsp3) is 0.211. The summed E-state index contributed by atoms with van der Waals surface area (Å²) in [5.41, 5.74) is 2.15. The molecule has 26 heavy (non-hydrogen) atoms. The summed E-state index contributed by atoms with van der Waals surface area (Å²) in [6.07, 6.45) is 2.59. The van der Waals surface area contributed by atoms with Gasteiger partial charge in [-0.2, -0.15) is 0 Å². The zero-order valence-corrected chi connectivity index (χ0v) is 15.9. The highest BCUT2D eigenvalue weighted by molar-refractivity contribution is 9.10. The number of ether oxygens (including phenoxy) is 1. The van der Waals surface area contributed by atoms with Gasteiger partial charge < -0.3 is 4.74 Å². The van der Waals surface area contributed by atoms with E-state index in [2.05, 4.69) is 31.3 Å². The fourth-order valence-corrected chi connectivity index (χ4v) is 2.74. The van der Waals surface area contributed by atoms with E-state index in [4.69, 9.17) is 4.74 Å². The molecule has 0 fully saturated rings. The van der Waals surface area contributed by atoms with Crippen LogP contribution in [0.1, 0.15) is 17.5 Å². The molecule has 0 atom stereocenters. The van der Waals surface area contributed by atoms with Crippen LogP contribution in [0.5, 0.6) is 5.75 Å². The van der Waals surface area contributed by atoms with Crippen LogP contribution in [-0.2, 0) is 17.8 Å². The summed E-state index contributed by atoms with van der Waals surface area (Å²) in [6, 6.07) is 15.7. The highest BCUT2D eigenvalue weighted by Crippen LogP contribution is 2.14. The summed E-state index contributed by atoms with van der Waals surface area (Å²) in [5, 5.41) is 7.03. The van der Waals surface area contributed by atoms with Crippen molar-refractivity contribution in [3.63, 3.8) is 0 Å². The number of carbonyl (C=O) groups is 1. The Kier molecular flexibility index (Phi) is 6.01. The third-order valence-electron chi connectivity index (χ3n) is 3.82. The maximum Gasteiger partial charge on any atom is 0.248 e.